The number of nitrogens with one attached hydrogen (secondary N) is 1. The van der Waals surface area contributed by atoms with Crippen LogP contribution in [0.4, 0.5) is 0 Å². The number of amides is 1. The molecular weight excluding hydrogens is 248 g/mol. The lowest BCUT2D eigenvalue weighted by Crippen LogP contribution is -2.42. The molecule has 2 fully saturated rings. The Morgan fingerprint density at radius 3 is 3.22 bits per heavy atom. The van der Waals surface area contributed by atoms with Crippen molar-refractivity contribution >= 4 is 17.2 Å². The molecule has 0 aliphatic carbocycles. The molecule has 2 aliphatic rings. The quantitative estimate of drug-likeness (QED) is 0.839. The van der Waals surface area contributed by atoms with Crippen molar-refractivity contribution in [3.63, 3.8) is 0 Å². The second-order valence-corrected chi connectivity index (χ2v) is 5.89. The minimum Gasteiger partial charge on any atom is -0.346 e. The Bertz CT molecular complexity index is 447. The van der Waals surface area contributed by atoms with Gasteiger partial charge in [0.2, 0.25) is 0 Å². The van der Waals surface area contributed by atoms with Crippen LogP contribution in [0.25, 0.3) is 0 Å². The number of aromatic nitrogens is 1. The van der Waals surface area contributed by atoms with Gasteiger partial charge in [-0.15, -0.1) is 11.3 Å². The molecule has 2 atom stereocenters. The first kappa shape index (κ1) is 12.1. The fraction of sp³-hybridized carbons (Fsp3) is 0.667. The number of nitrogens with two attached hydrogens (primary N) is 1. The molecule has 0 aromatic carbocycles. The molecule has 98 valence electrons. The number of rotatable bonds is 3. The molecule has 0 spiro atoms. The molecule has 1 amide bonds. The zero-order valence-corrected chi connectivity index (χ0v) is 11.1. The maximum absolute atomic E-state index is 12.1. The Labute approximate surface area is 110 Å². The molecule has 3 rings (SSSR count). The summed E-state index contributed by atoms with van der Waals surface area (Å²) in [5, 5.41) is 5.73. The predicted molar refractivity (Wildman–Crippen MR) is 70.5 cm³/mol. The SMILES string of the molecule is NCc1nc(C(=O)NC2CCN3CCCC23)cs1. The highest BCUT2D eigenvalue weighted by Gasteiger charge is 2.38. The van der Waals surface area contributed by atoms with Crippen LogP contribution in [0.2, 0.25) is 0 Å². The van der Waals surface area contributed by atoms with Crippen molar-refractivity contribution in [2.24, 2.45) is 5.73 Å². The Morgan fingerprint density at radius 2 is 2.44 bits per heavy atom. The Hall–Kier alpha value is -0.980. The van der Waals surface area contributed by atoms with Gasteiger partial charge in [0.25, 0.3) is 5.91 Å². The summed E-state index contributed by atoms with van der Waals surface area (Å²) >= 11 is 1.45. The summed E-state index contributed by atoms with van der Waals surface area (Å²) in [4.78, 5) is 18.8. The summed E-state index contributed by atoms with van der Waals surface area (Å²) in [6.07, 6.45) is 3.52. The van der Waals surface area contributed by atoms with Crippen molar-refractivity contribution in [3.8, 4) is 0 Å². The molecule has 2 unspecified atom stereocenters. The molecule has 3 N–H and O–H groups in total. The van der Waals surface area contributed by atoms with E-state index in [1.165, 1.54) is 30.7 Å². The summed E-state index contributed by atoms with van der Waals surface area (Å²) in [7, 11) is 0. The molecular formula is C12H18N4OS. The highest BCUT2D eigenvalue weighted by Crippen LogP contribution is 2.28. The second-order valence-electron chi connectivity index (χ2n) is 4.94. The Balaban J connectivity index is 1.64. The molecule has 18 heavy (non-hydrogen) atoms. The summed E-state index contributed by atoms with van der Waals surface area (Å²) in [5.41, 5.74) is 6.02. The van der Waals surface area contributed by atoms with Crippen molar-refractivity contribution < 1.29 is 4.79 Å². The highest BCUT2D eigenvalue weighted by atomic mass is 32.1. The zero-order chi connectivity index (χ0) is 12.5. The number of nitrogens with zero attached hydrogens (tertiary/aromatic N) is 2. The summed E-state index contributed by atoms with van der Waals surface area (Å²) < 4.78 is 0. The molecule has 0 radical (unpaired) electrons. The van der Waals surface area contributed by atoms with Crippen LogP contribution in [-0.4, -0.2) is 41.0 Å². The van der Waals surface area contributed by atoms with E-state index in [0.717, 1.165) is 18.0 Å². The topological polar surface area (TPSA) is 71.2 Å². The van der Waals surface area contributed by atoms with Crippen LogP contribution in [0.1, 0.15) is 34.8 Å². The van der Waals surface area contributed by atoms with E-state index in [1.54, 1.807) is 5.38 Å². The largest absolute Gasteiger partial charge is 0.346 e. The lowest BCUT2D eigenvalue weighted by Gasteiger charge is -2.20. The minimum atomic E-state index is -0.0512. The third-order valence-electron chi connectivity index (χ3n) is 3.88. The normalized spacial score (nSPS) is 27.4. The fourth-order valence-electron chi connectivity index (χ4n) is 3.00. The molecule has 3 heterocycles. The van der Waals surface area contributed by atoms with Gasteiger partial charge in [-0.3, -0.25) is 9.69 Å². The number of hydrogen-bond donors (Lipinski definition) is 2. The smallest absolute Gasteiger partial charge is 0.271 e. The average molecular weight is 266 g/mol. The maximum Gasteiger partial charge on any atom is 0.271 e. The Morgan fingerprint density at radius 1 is 1.56 bits per heavy atom. The first-order valence-corrected chi connectivity index (χ1v) is 7.35. The van der Waals surface area contributed by atoms with Crippen LogP contribution in [0, 0.1) is 0 Å². The molecule has 0 saturated carbocycles. The number of carbonyl (C=O) groups excluding carboxylic acids is 1. The molecule has 6 heteroatoms. The van der Waals surface area contributed by atoms with Crippen molar-refractivity contribution in [1.29, 1.82) is 0 Å². The monoisotopic (exact) mass is 266 g/mol. The second kappa shape index (κ2) is 4.95. The van der Waals surface area contributed by atoms with Crippen LogP contribution in [-0.2, 0) is 6.54 Å². The van der Waals surface area contributed by atoms with Gasteiger partial charge in [-0.25, -0.2) is 4.98 Å². The van der Waals surface area contributed by atoms with E-state index >= 15 is 0 Å². The lowest BCUT2D eigenvalue weighted by atomic mass is 10.1. The van der Waals surface area contributed by atoms with Crippen LogP contribution in [0.15, 0.2) is 5.38 Å². The summed E-state index contributed by atoms with van der Waals surface area (Å²) in [6.45, 7) is 2.70. The van der Waals surface area contributed by atoms with E-state index in [-0.39, 0.29) is 5.91 Å². The first-order chi connectivity index (χ1) is 8.78. The van der Waals surface area contributed by atoms with Gasteiger partial charge in [0.1, 0.15) is 10.7 Å². The van der Waals surface area contributed by atoms with Crippen molar-refractivity contribution in [2.45, 2.75) is 37.9 Å². The number of carbonyl (C=O) groups is 1. The van der Waals surface area contributed by atoms with E-state index in [1.807, 2.05) is 0 Å². The van der Waals surface area contributed by atoms with E-state index < -0.39 is 0 Å². The van der Waals surface area contributed by atoms with Gasteiger partial charge < -0.3 is 11.1 Å². The molecule has 5 nitrogen and oxygen atoms in total. The molecule has 2 aliphatic heterocycles. The van der Waals surface area contributed by atoms with E-state index in [2.05, 4.69) is 15.2 Å². The van der Waals surface area contributed by atoms with Crippen molar-refractivity contribution in [3.05, 3.63) is 16.1 Å². The lowest BCUT2D eigenvalue weighted by molar-refractivity contribution is 0.0925. The van der Waals surface area contributed by atoms with Gasteiger partial charge >= 0.3 is 0 Å². The van der Waals surface area contributed by atoms with Gasteiger partial charge in [-0.1, -0.05) is 0 Å². The highest BCUT2D eigenvalue weighted by molar-refractivity contribution is 7.09. The fourth-order valence-corrected chi connectivity index (χ4v) is 3.66. The van der Waals surface area contributed by atoms with E-state index in [0.29, 0.717) is 24.3 Å². The van der Waals surface area contributed by atoms with Crippen molar-refractivity contribution in [2.75, 3.05) is 13.1 Å². The average Bonchev–Trinajstić information content (AvgIpc) is 3.05. The number of hydrogen-bond acceptors (Lipinski definition) is 5. The minimum absolute atomic E-state index is 0.0512. The predicted octanol–water partition coefficient (Wildman–Crippen LogP) is 0.568. The van der Waals surface area contributed by atoms with Crippen LogP contribution in [0.3, 0.4) is 0 Å². The van der Waals surface area contributed by atoms with Gasteiger partial charge in [0.05, 0.1) is 0 Å². The van der Waals surface area contributed by atoms with Crippen LogP contribution < -0.4 is 11.1 Å². The number of fused-ring (bicyclic) bond motifs is 1. The summed E-state index contributed by atoms with van der Waals surface area (Å²) in [5.74, 6) is -0.0512. The number of thiazole rings is 1. The van der Waals surface area contributed by atoms with Crippen LogP contribution in [0.5, 0.6) is 0 Å². The van der Waals surface area contributed by atoms with E-state index in [4.69, 9.17) is 5.73 Å². The first-order valence-electron chi connectivity index (χ1n) is 6.47. The van der Waals surface area contributed by atoms with Gasteiger partial charge in [0, 0.05) is 30.6 Å². The zero-order valence-electron chi connectivity index (χ0n) is 10.3. The van der Waals surface area contributed by atoms with Crippen molar-refractivity contribution in [1.82, 2.24) is 15.2 Å². The van der Waals surface area contributed by atoms with Gasteiger partial charge in [0.15, 0.2) is 0 Å². The molecule has 1 aromatic rings. The standard InChI is InChI=1S/C12H18N4OS/c13-6-11-14-9(7-18-11)12(17)15-8-3-5-16-4-1-2-10(8)16/h7-8,10H,1-6,13H2,(H,15,17). The molecule has 2 saturated heterocycles. The van der Waals surface area contributed by atoms with E-state index in [9.17, 15) is 4.79 Å². The summed E-state index contributed by atoms with van der Waals surface area (Å²) in [6, 6.07) is 0.838. The molecule has 0 bridgehead atoms. The maximum atomic E-state index is 12.1. The third-order valence-corrected chi connectivity index (χ3v) is 4.75. The van der Waals surface area contributed by atoms with Gasteiger partial charge in [-0.05, 0) is 25.8 Å². The molecule has 1 aromatic heterocycles. The third kappa shape index (κ3) is 2.15. The van der Waals surface area contributed by atoms with Gasteiger partial charge in [-0.2, -0.15) is 0 Å². The Kier molecular flexibility index (Phi) is 3.32. The van der Waals surface area contributed by atoms with Crippen LogP contribution >= 0.6 is 11.3 Å².